The van der Waals surface area contributed by atoms with E-state index in [9.17, 15) is 9.59 Å². The van der Waals surface area contributed by atoms with Crippen LogP contribution in [0.25, 0.3) is 0 Å². The molecule has 0 saturated carbocycles. The molecule has 3 N–H and O–H groups in total. The van der Waals surface area contributed by atoms with Crippen LogP contribution >= 0.6 is 11.6 Å². The van der Waals surface area contributed by atoms with Crippen LogP contribution in [0.3, 0.4) is 0 Å². The number of nitrogens with two attached hydrogens (primary N) is 1. The fraction of sp³-hybridized carbons (Fsp3) is 0.0769. The lowest BCUT2D eigenvalue weighted by molar-refractivity contribution is 0.0686. The van der Waals surface area contributed by atoms with Crippen LogP contribution in [0.5, 0.6) is 0 Å². The summed E-state index contributed by atoms with van der Waals surface area (Å²) < 4.78 is 1.37. The fourth-order valence-electron chi connectivity index (χ4n) is 1.78. The average Bonchev–Trinajstić information content (AvgIpc) is 2.74. The summed E-state index contributed by atoms with van der Waals surface area (Å²) in [4.78, 5) is 23.2. The summed E-state index contributed by atoms with van der Waals surface area (Å²) in [6, 6.07) is 5.90. The number of carbonyl (C=O) groups excluding carboxylic acids is 1. The second-order valence-electron chi connectivity index (χ2n) is 4.09. The number of halogens is 1. The lowest BCUT2D eigenvalue weighted by Gasteiger charge is -2.03. The van der Waals surface area contributed by atoms with Gasteiger partial charge in [-0.2, -0.15) is 0 Å². The van der Waals surface area contributed by atoms with Crippen molar-refractivity contribution in [2.24, 2.45) is 7.05 Å². The maximum atomic E-state index is 12.3. The number of benzene rings is 1. The molecule has 19 heavy (non-hydrogen) atoms. The number of carboxylic acid groups (broad SMARTS) is 1. The van der Waals surface area contributed by atoms with Crippen LogP contribution in [-0.4, -0.2) is 21.4 Å². The molecule has 0 aliphatic carbocycles. The van der Waals surface area contributed by atoms with Crippen molar-refractivity contribution < 1.29 is 14.7 Å². The van der Waals surface area contributed by atoms with Crippen molar-refractivity contribution in [3.8, 4) is 0 Å². The Bertz CT molecular complexity index is 677. The van der Waals surface area contributed by atoms with E-state index in [1.54, 1.807) is 13.1 Å². The van der Waals surface area contributed by atoms with E-state index in [0.717, 1.165) is 0 Å². The van der Waals surface area contributed by atoms with Gasteiger partial charge in [0.2, 0.25) is 0 Å². The fourth-order valence-corrected chi connectivity index (χ4v) is 1.95. The van der Waals surface area contributed by atoms with Crippen LogP contribution in [0.2, 0.25) is 5.02 Å². The first-order chi connectivity index (χ1) is 8.90. The lowest BCUT2D eigenvalue weighted by atomic mass is 10.0. The summed E-state index contributed by atoms with van der Waals surface area (Å²) in [5.41, 5.74) is 6.58. The predicted octanol–water partition coefficient (Wildman–Crippen LogP) is 2.19. The zero-order chi connectivity index (χ0) is 14.2. The van der Waals surface area contributed by atoms with Crippen molar-refractivity contribution in [3.05, 3.63) is 52.3 Å². The van der Waals surface area contributed by atoms with Crippen LogP contribution in [0.4, 0.5) is 5.69 Å². The van der Waals surface area contributed by atoms with Crippen molar-refractivity contribution >= 4 is 29.0 Å². The Hall–Kier alpha value is -2.27. The maximum absolute atomic E-state index is 12.3. The average molecular weight is 279 g/mol. The van der Waals surface area contributed by atoms with E-state index in [1.165, 1.54) is 29.0 Å². The highest BCUT2D eigenvalue weighted by Crippen LogP contribution is 2.22. The van der Waals surface area contributed by atoms with Gasteiger partial charge in [-0.05, 0) is 24.3 Å². The summed E-state index contributed by atoms with van der Waals surface area (Å²) in [5.74, 6) is -1.45. The van der Waals surface area contributed by atoms with E-state index in [2.05, 4.69) is 0 Å². The van der Waals surface area contributed by atoms with Crippen molar-refractivity contribution in [2.45, 2.75) is 0 Å². The second-order valence-corrected chi connectivity index (χ2v) is 4.53. The second kappa shape index (κ2) is 4.78. The Balaban J connectivity index is 2.47. The highest BCUT2D eigenvalue weighted by molar-refractivity contribution is 6.31. The molecule has 0 aliphatic heterocycles. The molecule has 0 unspecified atom stereocenters. The van der Waals surface area contributed by atoms with Crippen LogP contribution in [0.1, 0.15) is 26.4 Å². The molecule has 1 aromatic carbocycles. The third-order valence-corrected chi connectivity index (χ3v) is 2.98. The molecule has 2 aromatic rings. The molecule has 0 amide bonds. The molecule has 98 valence electrons. The number of aromatic carboxylic acids is 1. The van der Waals surface area contributed by atoms with Crippen LogP contribution < -0.4 is 5.73 Å². The van der Waals surface area contributed by atoms with Gasteiger partial charge in [-0.3, -0.25) is 4.79 Å². The number of nitrogens with zero attached hydrogens (tertiary/aromatic N) is 1. The maximum Gasteiger partial charge on any atom is 0.352 e. The number of carbonyl (C=O) groups is 2. The van der Waals surface area contributed by atoms with Gasteiger partial charge in [-0.15, -0.1) is 0 Å². The zero-order valence-corrected chi connectivity index (χ0v) is 10.8. The van der Waals surface area contributed by atoms with Gasteiger partial charge < -0.3 is 15.4 Å². The number of ketones is 1. The topological polar surface area (TPSA) is 85.3 Å². The molecule has 0 atom stereocenters. The predicted molar refractivity (Wildman–Crippen MR) is 71.7 cm³/mol. The Kier molecular flexibility index (Phi) is 3.31. The third kappa shape index (κ3) is 2.46. The summed E-state index contributed by atoms with van der Waals surface area (Å²) >= 11 is 5.83. The molecule has 2 rings (SSSR count). The van der Waals surface area contributed by atoms with E-state index in [0.29, 0.717) is 10.7 Å². The van der Waals surface area contributed by atoms with E-state index in [4.69, 9.17) is 22.4 Å². The van der Waals surface area contributed by atoms with Crippen molar-refractivity contribution in [1.82, 2.24) is 4.57 Å². The third-order valence-electron chi connectivity index (χ3n) is 2.75. The Morgan fingerprint density at radius 3 is 2.58 bits per heavy atom. The number of carboxylic acids is 1. The largest absolute Gasteiger partial charge is 0.477 e. The first-order valence-corrected chi connectivity index (χ1v) is 5.77. The molecule has 0 saturated heterocycles. The highest BCUT2D eigenvalue weighted by Gasteiger charge is 2.18. The van der Waals surface area contributed by atoms with Crippen molar-refractivity contribution in [3.63, 3.8) is 0 Å². The minimum Gasteiger partial charge on any atom is -0.477 e. The molecule has 0 spiro atoms. The van der Waals surface area contributed by atoms with Gasteiger partial charge in [0.1, 0.15) is 5.69 Å². The summed E-state index contributed by atoms with van der Waals surface area (Å²) in [6.45, 7) is 0. The number of nitrogen functional groups attached to an aromatic ring is 1. The number of hydrogen-bond donors (Lipinski definition) is 2. The Labute approximate surface area is 114 Å². The molecule has 0 aliphatic rings. The van der Waals surface area contributed by atoms with Crippen LogP contribution in [-0.2, 0) is 7.05 Å². The van der Waals surface area contributed by atoms with Crippen molar-refractivity contribution in [2.75, 3.05) is 5.73 Å². The number of rotatable bonds is 3. The van der Waals surface area contributed by atoms with Gasteiger partial charge in [0.05, 0.1) is 0 Å². The number of aryl methyl sites for hydroxylation is 1. The molecule has 6 heteroatoms. The smallest absolute Gasteiger partial charge is 0.352 e. The van der Waals surface area contributed by atoms with Gasteiger partial charge in [0.15, 0.2) is 5.78 Å². The number of aromatic nitrogens is 1. The monoisotopic (exact) mass is 278 g/mol. The highest BCUT2D eigenvalue weighted by atomic mass is 35.5. The molecule has 0 bridgehead atoms. The molecule has 0 radical (unpaired) electrons. The van der Waals surface area contributed by atoms with E-state index in [1.807, 2.05) is 0 Å². The van der Waals surface area contributed by atoms with Crippen molar-refractivity contribution in [1.29, 1.82) is 0 Å². The molecular formula is C13H11ClN2O3. The van der Waals surface area contributed by atoms with E-state index < -0.39 is 5.97 Å². The first kappa shape index (κ1) is 13.2. The lowest BCUT2D eigenvalue weighted by Crippen LogP contribution is -2.04. The number of hydrogen-bond acceptors (Lipinski definition) is 3. The van der Waals surface area contributed by atoms with Gasteiger partial charge in [0, 0.05) is 35.1 Å². The summed E-state index contributed by atoms with van der Waals surface area (Å²) in [6.07, 6.45) is 1.45. The standard InChI is InChI=1S/C13H11ClN2O3/c1-16-6-7(4-11(16)13(18)19)12(17)9-5-8(14)2-3-10(9)15/h2-6H,15H2,1H3,(H,18,19). The van der Waals surface area contributed by atoms with Gasteiger partial charge in [0.25, 0.3) is 0 Å². The normalized spacial score (nSPS) is 10.4. The number of anilines is 1. The van der Waals surface area contributed by atoms with Gasteiger partial charge in [-0.25, -0.2) is 4.79 Å². The Morgan fingerprint density at radius 2 is 2.00 bits per heavy atom. The minimum absolute atomic E-state index is 0.0314. The minimum atomic E-state index is -1.10. The summed E-state index contributed by atoms with van der Waals surface area (Å²) in [5, 5.41) is 9.35. The van der Waals surface area contributed by atoms with Gasteiger partial charge in [-0.1, -0.05) is 11.6 Å². The molecule has 1 heterocycles. The quantitative estimate of drug-likeness (QED) is 0.666. The molecule has 5 nitrogen and oxygen atoms in total. The zero-order valence-electron chi connectivity index (χ0n) is 10.1. The van der Waals surface area contributed by atoms with E-state index in [-0.39, 0.29) is 22.6 Å². The summed E-state index contributed by atoms with van der Waals surface area (Å²) in [7, 11) is 1.56. The molecular weight excluding hydrogens is 268 g/mol. The van der Waals surface area contributed by atoms with E-state index >= 15 is 0 Å². The molecule has 1 aromatic heterocycles. The van der Waals surface area contributed by atoms with Crippen LogP contribution in [0.15, 0.2) is 30.5 Å². The SMILES string of the molecule is Cn1cc(C(=O)c2cc(Cl)ccc2N)cc1C(=O)O. The first-order valence-electron chi connectivity index (χ1n) is 5.39. The molecule has 0 fully saturated rings. The van der Waals surface area contributed by atoms with Gasteiger partial charge >= 0.3 is 5.97 Å². The Morgan fingerprint density at radius 1 is 1.32 bits per heavy atom. The van der Waals surface area contributed by atoms with Crippen LogP contribution in [0, 0.1) is 0 Å².